The van der Waals surface area contributed by atoms with Crippen molar-refractivity contribution in [3.05, 3.63) is 46.7 Å². The minimum atomic E-state index is -0.587. The standard InChI is InChI=1S/C10H9BrO3/c11-10-4-7(6-14-10)9(12)5-8-2-1-3-13-8/h1-4,6,9,12H,5H2. The number of aliphatic hydroxyl groups is 1. The first-order valence-corrected chi connectivity index (χ1v) is 4.99. The molecule has 1 unspecified atom stereocenters. The number of halogens is 1. The van der Waals surface area contributed by atoms with Gasteiger partial charge >= 0.3 is 0 Å². The molecule has 74 valence electrons. The highest BCUT2D eigenvalue weighted by Crippen LogP contribution is 2.23. The van der Waals surface area contributed by atoms with Gasteiger partial charge in [-0.2, -0.15) is 0 Å². The first-order chi connectivity index (χ1) is 6.75. The minimum absolute atomic E-state index is 0.457. The van der Waals surface area contributed by atoms with Gasteiger partial charge in [-0.15, -0.1) is 0 Å². The quantitative estimate of drug-likeness (QED) is 0.919. The largest absolute Gasteiger partial charge is 0.469 e. The Balaban J connectivity index is 2.06. The third-order valence-electron chi connectivity index (χ3n) is 1.95. The molecule has 14 heavy (non-hydrogen) atoms. The van der Waals surface area contributed by atoms with E-state index in [1.807, 2.05) is 6.07 Å². The van der Waals surface area contributed by atoms with Crippen LogP contribution in [-0.2, 0) is 6.42 Å². The Morgan fingerprint density at radius 2 is 2.29 bits per heavy atom. The van der Waals surface area contributed by atoms with Crippen LogP contribution in [0.4, 0.5) is 0 Å². The van der Waals surface area contributed by atoms with Gasteiger partial charge in [0.25, 0.3) is 0 Å². The molecule has 0 fully saturated rings. The van der Waals surface area contributed by atoms with Crippen molar-refractivity contribution in [2.75, 3.05) is 0 Å². The molecule has 2 aromatic rings. The zero-order valence-electron chi connectivity index (χ0n) is 7.31. The molecule has 0 aromatic carbocycles. The van der Waals surface area contributed by atoms with Gasteiger partial charge in [0.2, 0.25) is 0 Å². The molecule has 2 heterocycles. The molecule has 0 amide bonds. The topological polar surface area (TPSA) is 46.5 Å². The molecule has 2 rings (SSSR count). The van der Waals surface area contributed by atoms with Crippen molar-refractivity contribution in [2.45, 2.75) is 12.5 Å². The maximum absolute atomic E-state index is 9.76. The van der Waals surface area contributed by atoms with Gasteiger partial charge in [0.1, 0.15) is 5.76 Å². The Morgan fingerprint density at radius 3 is 2.86 bits per heavy atom. The molecular formula is C10H9BrO3. The van der Waals surface area contributed by atoms with Gasteiger partial charge in [-0.1, -0.05) is 0 Å². The molecule has 0 aliphatic carbocycles. The molecule has 3 nitrogen and oxygen atoms in total. The van der Waals surface area contributed by atoms with E-state index in [-0.39, 0.29) is 0 Å². The van der Waals surface area contributed by atoms with Crippen molar-refractivity contribution in [1.82, 2.24) is 0 Å². The number of hydrogen-bond donors (Lipinski definition) is 1. The van der Waals surface area contributed by atoms with E-state index in [1.165, 1.54) is 6.26 Å². The third kappa shape index (κ3) is 2.08. The minimum Gasteiger partial charge on any atom is -0.469 e. The molecule has 0 aliphatic heterocycles. The molecule has 1 atom stereocenters. The summed E-state index contributed by atoms with van der Waals surface area (Å²) in [6, 6.07) is 5.37. The fourth-order valence-corrected chi connectivity index (χ4v) is 1.59. The van der Waals surface area contributed by atoms with Gasteiger partial charge in [-0.05, 0) is 34.1 Å². The lowest BCUT2D eigenvalue weighted by atomic mass is 10.1. The highest BCUT2D eigenvalue weighted by molar-refractivity contribution is 9.10. The smallest absolute Gasteiger partial charge is 0.169 e. The zero-order valence-corrected chi connectivity index (χ0v) is 8.90. The van der Waals surface area contributed by atoms with Crippen LogP contribution >= 0.6 is 15.9 Å². The molecule has 4 heteroatoms. The fourth-order valence-electron chi connectivity index (χ4n) is 1.24. The first-order valence-electron chi connectivity index (χ1n) is 4.20. The Kier molecular flexibility index (Phi) is 2.74. The van der Waals surface area contributed by atoms with Crippen LogP contribution in [-0.4, -0.2) is 5.11 Å². The van der Waals surface area contributed by atoms with Crippen LogP contribution in [0, 0.1) is 0 Å². The van der Waals surface area contributed by atoms with Gasteiger partial charge in [0.15, 0.2) is 4.67 Å². The molecule has 0 saturated carbocycles. The third-order valence-corrected chi connectivity index (χ3v) is 2.36. The SMILES string of the molecule is OC(Cc1ccco1)c1coc(Br)c1. The molecule has 0 spiro atoms. The van der Waals surface area contributed by atoms with E-state index in [2.05, 4.69) is 15.9 Å². The van der Waals surface area contributed by atoms with E-state index in [9.17, 15) is 5.11 Å². The fraction of sp³-hybridized carbons (Fsp3) is 0.200. The predicted molar refractivity (Wildman–Crippen MR) is 53.8 cm³/mol. The number of furan rings is 2. The monoisotopic (exact) mass is 256 g/mol. The summed E-state index contributed by atoms with van der Waals surface area (Å²) in [4.78, 5) is 0. The summed E-state index contributed by atoms with van der Waals surface area (Å²) in [5, 5.41) is 9.76. The summed E-state index contributed by atoms with van der Waals surface area (Å²) in [5.74, 6) is 0.759. The molecule has 1 N–H and O–H groups in total. The van der Waals surface area contributed by atoms with Gasteiger partial charge in [-0.3, -0.25) is 0 Å². The summed E-state index contributed by atoms with van der Waals surface area (Å²) in [5.41, 5.74) is 0.744. The van der Waals surface area contributed by atoms with E-state index in [1.54, 1.807) is 18.4 Å². The lowest BCUT2D eigenvalue weighted by Crippen LogP contribution is -1.98. The van der Waals surface area contributed by atoms with Gasteiger partial charge in [0, 0.05) is 12.0 Å². The van der Waals surface area contributed by atoms with E-state index >= 15 is 0 Å². The second-order valence-electron chi connectivity index (χ2n) is 2.98. The van der Waals surface area contributed by atoms with Crippen molar-refractivity contribution >= 4 is 15.9 Å². The van der Waals surface area contributed by atoms with Gasteiger partial charge in [-0.25, -0.2) is 0 Å². The van der Waals surface area contributed by atoms with Crippen LogP contribution in [0.3, 0.4) is 0 Å². The second kappa shape index (κ2) is 4.02. The van der Waals surface area contributed by atoms with Crippen LogP contribution in [0.2, 0.25) is 0 Å². The number of hydrogen-bond acceptors (Lipinski definition) is 3. The van der Waals surface area contributed by atoms with Crippen LogP contribution in [0.15, 0.2) is 44.2 Å². The Morgan fingerprint density at radius 1 is 1.43 bits per heavy atom. The van der Waals surface area contributed by atoms with Crippen LogP contribution in [0.25, 0.3) is 0 Å². The predicted octanol–water partition coefficient (Wildman–Crippen LogP) is 2.91. The average molecular weight is 257 g/mol. The lowest BCUT2D eigenvalue weighted by Gasteiger charge is -2.04. The number of rotatable bonds is 3. The Bertz CT molecular complexity index is 391. The summed E-state index contributed by atoms with van der Waals surface area (Å²) in [6.07, 6.45) is 2.99. The normalized spacial score (nSPS) is 13.0. The van der Waals surface area contributed by atoms with E-state index in [0.717, 1.165) is 11.3 Å². The summed E-state index contributed by atoms with van der Waals surface area (Å²) in [6.45, 7) is 0. The average Bonchev–Trinajstić information content (AvgIpc) is 2.75. The zero-order chi connectivity index (χ0) is 9.97. The van der Waals surface area contributed by atoms with Crippen molar-refractivity contribution in [3.63, 3.8) is 0 Å². The maximum Gasteiger partial charge on any atom is 0.169 e. The molecule has 0 radical (unpaired) electrons. The van der Waals surface area contributed by atoms with Crippen molar-refractivity contribution in [2.24, 2.45) is 0 Å². The van der Waals surface area contributed by atoms with Crippen LogP contribution in [0.1, 0.15) is 17.4 Å². The van der Waals surface area contributed by atoms with Crippen LogP contribution in [0.5, 0.6) is 0 Å². The maximum atomic E-state index is 9.76. The highest BCUT2D eigenvalue weighted by Gasteiger charge is 2.12. The van der Waals surface area contributed by atoms with E-state index in [4.69, 9.17) is 8.83 Å². The van der Waals surface area contributed by atoms with Gasteiger partial charge < -0.3 is 13.9 Å². The summed E-state index contributed by atoms with van der Waals surface area (Å²) >= 11 is 3.18. The van der Waals surface area contributed by atoms with Crippen LogP contribution < -0.4 is 0 Å². The molecule has 0 bridgehead atoms. The Hall–Kier alpha value is -1.00. The summed E-state index contributed by atoms with van der Waals surface area (Å²) in [7, 11) is 0. The van der Waals surface area contributed by atoms with Crippen molar-refractivity contribution in [3.8, 4) is 0 Å². The highest BCUT2D eigenvalue weighted by atomic mass is 79.9. The Labute approximate surface area is 89.5 Å². The molecule has 2 aromatic heterocycles. The van der Waals surface area contributed by atoms with Crippen molar-refractivity contribution in [1.29, 1.82) is 0 Å². The first kappa shape index (κ1) is 9.55. The second-order valence-corrected chi connectivity index (χ2v) is 3.77. The molecule has 0 saturated heterocycles. The van der Waals surface area contributed by atoms with Crippen molar-refractivity contribution < 1.29 is 13.9 Å². The lowest BCUT2D eigenvalue weighted by molar-refractivity contribution is 0.169. The van der Waals surface area contributed by atoms with E-state index in [0.29, 0.717) is 11.1 Å². The summed E-state index contributed by atoms with van der Waals surface area (Å²) < 4.78 is 10.8. The van der Waals surface area contributed by atoms with Gasteiger partial charge in [0.05, 0.1) is 18.6 Å². The molecular weight excluding hydrogens is 248 g/mol. The molecule has 0 aliphatic rings. The van der Waals surface area contributed by atoms with E-state index < -0.39 is 6.10 Å². The number of aliphatic hydroxyl groups excluding tert-OH is 1.